The van der Waals surface area contributed by atoms with E-state index in [-0.39, 0.29) is 11.9 Å². The number of fused-ring (bicyclic) bond motifs is 2. The number of carbonyl (C=O) groups excluding carboxylic acids is 1. The Labute approximate surface area is 125 Å². The average Bonchev–Trinajstić information content (AvgIpc) is 2.98. The van der Waals surface area contributed by atoms with Crippen LogP contribution >= 0.6 is 0 Å². The Bertz CT molecular complexity index is 575. The highest BCUT2D eigenvalue weighted by Crippen LogP contribution is 2.36. The monoisotopic (exact) mass is 284 g/mol. The summed E-state index contributed by atoms with van der Waals surface area (Å²) in [6.45, 7) is 4.38. The number of nitrogens with zero attached hydrogens (tertiary/aromatic N) is 2. The summed E-state index contributed by atoms with van der Waals surface area (Å²) in [5, 5.41) is 6.59. The number of benzene rings is 1. The zero-order chi connectivity index (χ0) is 14.4. The van der Waals surface area contributed by atoms with Gasteiger partial charge in [0.25, 0.3) is 0 Å². The molecule has 4 aliphatic rings. The van der Waals surface area contributed by atoms with Gasteiger partial charge in [-0.1, -0.05) is 37.3 Å². The van der Waals surface area contributed by atoms with Crippen molar-refractivity contribution in [2.45, 2.75) is 38.3 Å². The van der Waals surface area contributed by atoms with Crippen LogP contribution in [-0.2, 0) is 4.79 Å². The number of quaternary nitrogens is 1. The largest absolute Gasteiger partial charge is 0.326 e. The molecular formula is C17H22N3O+. The van der Waals surface area contributed by atoms with Crippen molar-refractivity contribution >= 4 is 11.6 Å². The van der Waals surface area contributed by atoms with Gasteiger partial charge in [-0.25, -0.2) is 5.01 Å². The van der Waals surface area contributed by atoms with E-state index in [4.69, 9.17) is 5.10 Å². The van der Waals surface area contributed by atoms with Crippen LogP contribution in [0.15, 0.2) is 35.4 Å². The van der Waals surface area contributed by atoms with Crippen LogP contribution in [-0.4, -0.2) is 35.8 Å². The van der Waals surface area contributed by atoms with Gasteiger partial charge in [0.05, 0.1) is 13.1 Å². The summed E-state index contributed by atoms with van der Waals surface area (Å²) in [4.78, 5) is 14.0. The van der Waals surface area contributed by atoms with E-state index in [1.54, 1.807) is 9.91 Å². The molecule has 1 aromatic carbocycles. The van der Waals surface area contributed by atoms with E-state index < -0.39 is 0 Å². The van der Waals surface area contributed by atoms with E-state index in [9.17, 15) is 4.79 Å². The van der Waals surface area contributed by atoms with Crippen LogP contribution in [0.1, 0.15) is 37.8 Å². The quantitative estimate of drug-likeness (QED) is 0.865. The molecule has 4 aliphatic heterocycles. The number of amides is 1. The van der Waals surface area contributed by atoms with Gasteiger partial charge in [0.2, 0.25) is 5.91 Å². The first kappa shape index (κ1) is 13.0. The molecule has 1 aromatic rings. The van der Waals surface area contributed by atoms with Gasteiger partial charge in [0.15, 0.2) is 6.04 Å². The molecule has 4 nitrogen and oxygen atoms in total. The lowest BCUT2D eigenvalue weighted by molar-refractivity contribution is -0.927. The maximum absolute atomic E-state index is 12.4. The average molecular weight is 284 g/mol. The van der Waals surface area contributed by atoms with Gasteiger partial charge in [-0.15, -0.1) is 0 Å². The van der Waals surface area contributed by atoms with Crippen LogP contribution in [0.4, 0.5) is 0 Å². The molecule has 0 spiro atoms. The van der Waals surface area contributed by atoms with Gasteiger partial charge >= 0.3 is 0 Å². The topological polar surface area (TPSA) is 37.1 Å². The number of carbonyl (C=O) groups is 1. The molecule has 0 aliphatic carbocycles. The molecule has 2 atom stereocenters. The summed E-state index contributed by atoms with van der Waals surface area (Å²) in [7, 11) is 0. The molecule has 0 saturated carbocycles. The van der Waals surface area contributed by atoms with Crippen LogP contribution in [0.2, 0.25) is 0 Å². The van der Waals surface area contributed by atoms with Crippen molar-refractivity contribution in [3.05, 3.63) is 35.9 Å². The van der Waals surface area contributed by atoms with Crippen LogP contribution in [0, 0.1) is 5.92 Å². The van der Waals surface area contributed by atoms with Gasteiger partial charge in [-0.05, 0) is 5.56 Å². The molecule has 5 rings (SSSR count). The Kier molecular flexibility index (Phi) is 3.07. The molecule has 1 amide bonds. The predicted molar refractivity (Wildman–Crippen MR) is 81.0 cm³/mol. The summed E-state index contributed by atoms with van der Waals surface area (Å²) < 4.78 is 0. The molecule has 4 heteroatoms. The van der Waals surface area contributed by atoms with Gasteiger partial charge in [0.1, 0.15) is 11.8 Å². The SMILES string of the molecule is CCC(=O)N1N=C2C3CC[NH+](CC3)[C@H]2[C@@H]1c1ccccc1. The van der Waals surface area contributed by atoms with E-state index in [0.717, 1.165) is 0 Å². The van der Waals surface area contributed by atoms with Gasteiger partial charge < -0.3 is 4.90 Å². The molecule has 0 radical (unpaired) electrons. The standard InChI is InChI=1S/C17H21N3O/c1-2-14(21)20-16(13-6-4-3-5-7-13)17-15(18-20)12-8-10-19(17)11-9-12/h3-7,12,16-17H,2,8-11H2,1H3/p+1/t16-,17+/m0/s1. The first-order chi connectivity index (χ1) is 10.3. The van der Waals surface area contributed by atoms with E-state index in [1.165, 1.54) is 37.2 Å². The van der Waals surface area contributed by atoms with Crippen molar-refractivity contribution in [1.29, 1.82) is 0 Å². The van der Waals surface area contributed by atoms with Crippen LogP contribution in [0.3, 0.4) is 0 Å². The number of hydrazone groups is 1. The third-order valence-corrected chi connectivity index (χ3v) is 5.31. The molecule has 3 fully saturated rings. The molecule has 110 valence electrons. The summed E-state index contributed by atoms with van der Waals surface area (Å²) in [6.07, 6.45) is 2.99. The lowest BCUT2D eigenvalue weighted by Gasteiger charge is -2.42. The minimum Gasteiger partial charge on any atom is -0.326 e. The van der Waals surface area contributed by atoms with Crippen molar-refractivity contribution in [3.63, 3.8) is 0 Å². The van der Waals surface area contributed by atoms with Gasteiger partial charge in [-0.2, -0.15) is 5.10 Å². The van der Waals surface area contributed by atoms with Crippen molar-refractivity contribution in [1.82, 2.24) is 5.01 Å². The fourth-order valence-electron chi connectivity index (χ4n) is 4.27. The highest BCUT2D eigenvalue weighted by atomic mass is 16.2. The van der Waals surface area contributed by atoms with Crippen molar-refractivity contribution < 1.29 is 9.69 Å². The molecule has 1 N–H and O–H groups in total. The molecule has 4 heterocycles. The number of hydrogen-bond donors (Lipinski definition) is 1. The minimum absolute atomic E-state index is 0.103. The predicted octanol–water partition coefficient (Wildman–Crippen LogP) is 1.01. The van der Waals surface area contributed by atoms with E-state index in [2.05, 4.69) is 24.3 Å². The number of hydrogen-bond acceptors (Lipinski definition) is 2. The third-order valence-electron chi connectivity index (χ3n) is 5.31. The molecular weight excluding hydrogens is 262 g/mol. The molecule has 3 saturated heterocycles. The van der Waals surface area contributed by atoms with Crippen molar-refractivity contribution in [2.75, 3.05) is 13.1 Å². The third kappa shape index (κ3) is 1.93. The van der Waals surface area contributed by atoms with Crippen LogP contribution < -0.4 is 4.90 Å². The van der Waals surface area contributed by atoms with Crippen molar-refractivity contribution in [2.24, 2.45) is 11.0 Å². The zero-order valence-corrected chi connectivity index (χ0v) is 12.5. The highest BCUT2D eigenvalue weighted by Gasteiger charge is 2.54. The Hall–Kier alpha value is -1.68. The Morgan fingerprint density at radius 1 is 1.29 bits per heavy atom. The van der Waals surface area contributed by atoms with E-state index >= 15 is 0 Å². The molecule has 0 aromatic heterocycles. The summed E-state index contributed by atoms with van der Waals surface area (Å²) in [6, 6.07) is 10.9. The first-order valence-corrected chi connectivity index (χ1v) is 8.09. The Morgan fingerprint density at radius 2 is 2.00 bits per heavy atom. The lowest BCUT2D eigenvalue weighted by Crippen LogP contribution is -3.20. The number of piperidine rings is 3. The maximum Gasteiger partial charge on any atom is 0.243 e. The number of rotatable bonds is 2. The first-order valence-electron chi connectivity index (χ1n) is 8.09. The summed E-state index contributed by atoms with van der Waals surface area (Å²) in [5.41, 5.74) is 2.52. The Morgan fingerprint density at radius 3 is 2.67 bits per heavy atom. The second-order valence-electron chi connectivity index (χ2n) is 6.38. The van der Waals surface area contributed by atoms with Gasteiger partial charge in [0, 0.05) is 25.2 Å². The molecule has 0 unspecified atom stereocenters. The molecule has 21 heavy (non-hydrogen) atoms. The highest BCUT2D eigenvalue weighted by molar-refractivity contribution is 5.96. The minimum atomic E-state index is 0.103. The smallest absolute Gasteiger partial charge is 0.243 e. The van der Waals surface area contributed by atoms with Crippen LogP contribution in [0.5, 0.6) is 0 Å². The van der Waals surface area contributed by atoms with Gasteiger partial charge in [-0.3, -0.25) is 4.79 Å². The van der Waals surface area contributed by atoms with E-state index in [1.807, 2.05) is 13.0 Å². The second kappa shape index (κ2) is 4.95. The fourth-order valence-corrected chi connectivity index (χ4v) is 4.27. The van der Waals surface area contributed by atoms with Crippen LogP contribution in [0.25, 0.3) is 0 Å². The summed E-state index contributed by atoms with van der Waals surface area (Å²) in [5.74, 6) is 0.749. The fraction of sp³-hybridized carbons (Fsp3) is 0.529. The zero-order valence-electron chi connectivity index (χ0n) is 12.5. The second-order valence-corrected chi connectivity index (χ2v) is 6.38. The lowest BCUT2D eigenvalue weighted by atomic mass is 9.78. The number of nitrogens with one attached hydrogen (secondary N) is 1. The maximum atomic E-state index is 12.4. The Balaban J connectivity index is 1.77. The molecule has 2 bridgehead atoms. The normalized spacial score (nSPS) is 33.8. The van der Waals surface area contributed by atoms with E-state index in [0.29, 0.717) is 18.4 Å². The summed E-state index contributed by atoms with van der Waals surface area (Å²) >= 11 is 0. The van der Waals surface area contributed by atoms with Crippen molar-refractivity contribution in [3.8, 4) is 0 Å².